The van der Waals surface area contributed by atoms with Crippen LogP contribution in [0.3, 0.4) is 0 Å². The van der Waals surface area contributed by atoms with E-state index in [1.165, 1.54) is 11.3 Å². The van der Waals surface area contributed by atoms with E-state index in [1.807, 2.05) is 13.0 Å². The number of fused-ring (bicyclic) bond motifs is 3. The van der Waals surface area contributed by atoms with Gasteiger partial charge in [0.25, 0.3) is 0 Å². The third-order valence-electron chi connectivity index (χ3n) is 5.57. The third kappa shape index (κ3) is 2.68. The predicted molar refractivity (Wildman–Crippen MR) is 106 cm³/mol. The van der Waals surface area contributed by atoms with E-state index in [9.17, 15) is 5.11 Å². The van der Waals surface area contributed by atoms with E-state index >= 15 is 0 Å². The van der Waals surface area contributed by atoms with E-state index in [0.717, 1.165) is 47.6 Å². The van der Waals surface area contributed by atoms with Gasteiger partial charge < -0.3 is 15.0 Å². The molecule has 1 saturated carbocycles. The van der Waals surface area contributed by atoms with Crippen molar-refractivity contribution in [1.29, 1.82) is 0 Å². The maximum Gasteiger partial charge on any atom is 0.184 e. The van der Waals surface area contributed by atoms with E-state index in [-0.39, 0.29) is 12.1 Å². The van der Waals surface area contributed by atoms with Crippen molar-refractivity contribution in [3.63, 3.8) is 0 Å². The molecule has 0 aliphatic heterocycles. The molecule has 3 aromatic heterocycles. The lowest BCUT2D eigenvalue weighted by molar-refractivity contribution is 0.0837. The summed E-state index contributed by atoms with van der Waals surface area (Å²) in [7, 11) is 0. The summed E-state index contributed by atoms with van der Waals surface area (Å²) in [4.78, 5) is 0. The quantitative estimate of drug-likeness (QED) is 0.585. The monoisotopic (exact) mass is 361 g/mol. The van der Waals surface area contributed by atoms with Crippen LogP contribution in [-0.2, 0) is 6.54 Å². The summed E-state index contributed by atoms with van der Waals surface area (Å²) in [6, 6.07) is 15.2. The number of aromatic nitrogens is 4. The van der Waals surface area contributed by atoms with E-state index < -0.39 is 0 Å². The van der Waals surface area contributed by atoms with Gasteiger partial charge >= 0.3 is 0 Å². The molecule has 0 spiro atoms. The Hall–Kier alpha value is -2.86. The van der Waals surface area contributed by atoms with Crippen molar-refractivity contribution < 1.29 is 5.11 Å². The zero-order chi connectivity index (χ0) is 18.5. The molecule has 1 aromatic carbocycles. The number of aliphatic hydroxyl groups is 1. The molecule has 0 radical (unpaired) electrons. The second kappa shape index (κ2) is 6.09. The van der Waals surface area contributed by atoms with Crippen molar-refractivity contribution in [2.75, 3.05) is 5.32 Å². The lowest BCUT2D eigenvalue weighted by Gasteiger charge is -2.32. The molecule has 1 fully saturated rings. The summed E-state index contributed by atoms with van der Waals surface area (Å²) in [5.74, 6) is 0.879. The minimum absolute atomic E-state index is 0.189. The molecular weight excluding hydrogens is 338 g/mol. The van der Waals surface area contributed by atoms with Gasteiger partial charge in [-0.2, -0.15) is 0 Å². The molecular formula is C21H23N5O. The number of benzene rings is 1. The predicted octanol–water partition coefficient (Wildman–Crippen LogP) is 3.28. The van der Waals surface area contributed by atoms with E-state index in [1.54, 1.807) is 0 Å². The number of hydrogen-bond donors (Lipinski definition) is 2. The highest BCUT2D eigenvalue weighted by molar-refractivity contribution is 5.88. The van der Waals surface area contributed by atoms with Crippen LogP contribution in [0.2, 0.25) is 0 Å². The van der Waals surface area contributed by atoms with Crippen LogP contribution in [0.4, 0.5) is 5.69 Å². The van der Waals surface area contributed by atoms with Crippen LogP contribution in [0, 0.1) is 13.8 Å². The number of hydrogen-bond acceptors (Lipinski definition) is 4. The normalized spacial score (nSPS) is 19.5. The Kier molecular flexibility index (Phi) is 3.68. The number of aryl methyl sites for hydroxylation is 2. The largest absolute Gasteiger partial charge is 0.393 e. The van der Waals surface area contributed by atoms with E-state index in [2.05, 4.69) is 67.8 Å². The lowest BCUT2D eigenvalue weighted by atomic mass is 9.89. The Labute approximate surface area is 157 Å². The highest BCUT2D eigenvalue weighted by Gasteiger charge is 2.28. The first-order valence-corrected chi connectivity index (χ1v) is 9.43. The molecule has 1 aliphatic rings. The number of anilines is 1. The lowest BCUT2D eigenvalue weighted by Crippen LogP contribution is -2.39. The van der Waals surface area contributed by atoms with Gasteiger partial charge in [-0.1, -0.05) is 30.3 Å². The fourth-order valence-electron chi connectivity index (χ4n) is 4.04. The van der Waals surface area contributed by atoms with Gasteiger partial charge in [-0.3, -0.25) is 4.40 Å². The molecule has 6 heteroatoms. The van der Waals surface area contributed by atoms with Crippen LogP contribution >= 0.6 is 0 Å². The highest BCUT2D eigenvalue weighted by atomic mass is 16.3. The van der Waals surface area contributed by atoms with Crippen molar-refractivity contribution in [2.45, 2.75) is 45.4 Å². The first kappa shape index (κ1) is 16.3. The van der Waals surface area contributed by atoms with Crippen LogP contribution in [0.15, 0.2) is 42.5 Å². The topological polar surface area (TPSA) is 67.4 Å². The van der Waals surface area contributed by atoms with Crippen LogP contribution in [0.5, 0.6) is 0 Å². The molecule has 2 N–H and O–H groups in total. The smallest absolute Gasteiger partial charge is 0.184 e. The summed E-state index contributed by atoms with van der Waals surface area (Å²) in [5, 5.41) is 21.9. The second-order valence-corrected chi connectivity index (χ2v) is 7.56. The van der Waals surface area contributed by atoms with Crippen LogP contribution in [0.1, 0.15) is 29.9 Å². The van der Waals surface area contributed by atoms with E-state index in [4.69, 9.17) is 0 Å². The summed E-state index contributed by atoms with van der Waals surface area (Å²) >= 11 is 0. The number of pyridine rings is 1. The van der Waals surface area contributed by atoms with Gasteiger partial charge in [-0.05, 0) is 44.4 Å². The zero-order valence-electron chi connectivity index (χ0n) is 15.6. The van der Waals surface area contributed by atoms with Crippen molar-refractivity contribution in [3.05, 3.63) is 59.5 Å². The van der Waals surface area contributed by atoms with Gasteiger partial charge in [-0.15, -0.1) is 10.2 Å². The third-order valence-corrected chi connectivity index (χ3v) is 5.57. The fourth-order valence-corrected chi connectivity index (χ4v) is 4.04. The Morgan fingerprint density at radius 1 is 1.07 bits per heavy atom. The molecule has 0 saturated heterocycles. The molecule has 0 bridgehead atoms. The van der Waals surface area contributed by atoms with Gasteiger partial charge in [0.1, 0.15) is 5.82 Å². The van der Waals surface area contributed by atoms with Gasteiger partial charge in [-0.25, -0.2) is 0 Å². The van der Waals surface area contributed by atoms with Gasteiger partial charge in [0.05, 0.1) is 22.8 Å². The average Bonchev–Trinajstić information content (AvgIpc) is 3.16. The SMILES string of the molecule is Cc1cc2c(cc(N[C@H]3C[C@H](O)C3)c3nnc(C)n32)n1Cc1ccccc1. The van der Waals surface area contributed by atoms with Gasteiger partial charge in [0, 0.05) is 18.3 Å². The summed E-state index contributed by atoms with van der Waals surface area (Å²) in [6.07, 6.45) is 1.37. The van der Waals surface area contributed by atoms with Crippen molar-refractivity contribution in [2.24, 2.45) is 0 Å². The Bertz CT molecular complexity index is 1120. The zero-order valence-corrected chi connectivity index (χ0v) is 15.6. The molecule has 4 aromatic rings. The maximum absolute atomic E-state index is 9.62. The first-order chi connectivity index (χ1) is 13.1. The molecule has 0 amide bonds. The molecule has 27 heavy (non-hydrogen) atoms. The molecule has 1 aliphatic carbocycles. The molecule has 138 valence electrons. The van der Waals surface area contributed by atoms with Crippen LogP contribution in [0.25, 0.3) is 16.7 Å². The molecule has 3 heterocycles. The minimum atomic E-state index is -0.189. The maximum atomic E-state index is 9.62. The molecule has 5 rings (SSSR count). The van der Waals surface area contributed by atoms with Crippen LogP contribution < -0.4 is 5.32 Å². The van der Waals surface area contributed by atoms with Crippen LogP contribution in [-0.4, -0.2) is 36.4 Å². The fraction of sp³-hybridized carbons (Fsp3) is 0.333. The standard InChI is InChI=1S/C21H23N5O/c1-13-8-20-19(25(13)12-15-6-4-3-5-7-15)11-18(22-16-9-17(27)10-16)21-24-23-14(2)26(20)21/h3-8,11,16-17,22,27H,9-10,12H2,1-2H3/t16-,17-. The number of nitrogens with one attached hydrogen (secondary N) is 1. The van der Waals surface area contributed by atoms with Gasteiger partial charge in [0.2, 0.25) is 0 Å². The second-order valence-electron chi connectivity index (χ2n) is 7.56. The number of nitrogens with zero attached hydrogens (tertiary/aromatic N) is 4. The van der Waals surface area contributed by atoms with Crippen molar-refractivity contribution in [1.82, 2.24) is 19.2 Å². The highest BCUT2D eigenvalue weighted by Crippen LogP contribution is 2.31. The number of rotatable bonds is 4. The van der Waals surface area contributed by atoms with Crippen molar-refractivity contribution >= 4 is 22.4 Å². The Balaban J connectivity index is 1.66. The Morgan fingerprint density at radius 2 is 1.85 bits per heavy atom. The summed E-state index contributed by atoms with van der Waals surface area (Å²) < 4.78 is 4.46. The molecule has 0 atom stereocenters. The summed E-state index contributed by atoms with van der Waals surface area (Å²) in [5.41, 5.74) is 6.59. The Morgan fingerprint density at radius 3 is 2.59 bits per heavy atom. The molecule has 0 unspecified atom stereocenters. The van der Waals surface area contributed by atoms with Crippen molar-refractivity contribution in [3.8, 4) is 0 Å². The van der Waals surface area contributed by atoms with Gasteiger partial charge in [0.15, 0.2) is 5.65 Å². The van der Waals surface area contributed by atoms with E-state index in [0.29, 0.717) is 0 Å². The molecule has 6 nitrogen and oxygen atoms in total. The average molecular weight is 361 g/mol. The minimum Gasteiger partial charge on any atom is -0.393 e. The first-order valence-electron chi connectivity index (χ1n) is 9.43. The summed E-state index contributed by atoms with van der Waals surface area (Å²) in [6.45, 7) is 4.95. The number of aliphatic hydroxyl groups excluding tert-OH is 1.